The van der Waals surface area contributed by atoms with Gasteiger partial charge in [0, 0.05) is 42.2 Å². The van der Waals surface area contributed by atoms with Gasteiger partial charge < -0.3 is 16.0 Å². The van der Waals surface area contributed by atoms with Crippen LogP contribution in [0, 0.1) is 5.82 Å². The summed E-state index contributed by atoms with van der Waals surface area (Å²) < 4.78 is 13.0. The van der Waals surface area contributed by atoms with Crippen LogP contribution in [0.1, 0.15) is 44.2 Å². The van der Waals surface area contributed by atoms with Gasteiger partial charge >= 0.3 is 0 Å². The van der Waals surface area contributed by atoms with Crippen LogP contribution in [0.5, 0.6) is 0 Å². The number of rotatable bonds is 10. The molecular weight excluding hydrogens is 481 g/mol. The first-order chi connectivity index (χ1) is 18.5. The second-order valence-electron chi connectivity index (χ2n) is 8.72. The van der Waals surface area contributed by atoms with Gasteiger partial charge in [-0.15, -0.1) is 0 Å². The maximum absolute atomic E-state index is 13.0. The number of amides is 3. The molecule has 0 bridgehead atoms. The molecule has 0 spiro atoms. The summed E-state index contributed by atoms with van der Waals surface area (Å²) in [5.74, 6) is -1.24. The van der Waals surface area contributed by atoms with E-state index < -0.39 is 5.82 Å². The van der Waals surface area contributed by atoms with Crippen LogP contribution in [0.15, 0.2) is 109 Å². The molecule has 4 rings (SSSR count). The van der Waals surface area contributed by atoms with Crippen molar-refractivity contribution in [2.45, 2.75) is 12.3 Å². The number of nitrogens with one attached hydrogen (secondary N) is 3. The third kappa shape index (κ3) is 7.36. The van der Waals surface area contributed by atoms with Gasteiger partial charge in [0.05, 0.1) is 0 Å². The predicted octanol–water partition coefficient (Wildman–Crippen LogP) is 5.15. The van der Waals surface area contributed by atoms with Gasteiger partial charge in [-0.25, -0.2) is 4.39 Å². The van der Waals surface area contributed by atoms with Crippen LogP contribution in [0.4, 0.5) is 10.1 Å². The smallest absolute Gasteiger partial charge is 0.255 e. The highest BCUT2D eigenvalue weighted by Crippen LogP contribution is 2.27. The first kappa shape index (κ1) is 26.3. The molecule has 4 aromatic carbocycles. The first-order valence-electron chi connectivity index (χ1n) is 12.3. The summed E-state index contributed by atoms with van der Waals surface area (Å²) in [6.45, 7) is 0.571. The van der Waals surface area contributed by atoms with E-state index in [9.17, 15) is 18.8 Å². The molecule has 0 unspecified atom stereocenters. The van der Waals surface area contributed by atoms with E-state index in [1.807, 2.05) is 60.7 Å². The molecule has 38 heavy (non-hydrogen) atoms. The SMILES string of the molecule is O=C(CC(c1ccccc1)c1ccccc1)NCCNC(=O)c1ccc(NC(=O)c2ccc(F)cc2)cc1. The molecular formula is C31H28FN3O3. The van der Waals surface area contributed by atoms with E-state index in [1.54, 1.807) is 24.3 Å². The van der Waals surface area contributed by atoms with Gasteiger partial charge in [-0.05, 0) is 59.7 Å². The minimum atomic E-state index is -0.417. The molecule has 0 saturated heterocycles. The zero-order valence-electron chi connectivity index (χ0n) is 20.7. The fourth-order valence-corrected chi connectivity index (χ4v) is 4.05. The number of carbonyl (C=O) groups is 3. The molecule has 0 heterocycles. The number of benzene rings is 4. The van der Waals surface area contributed by atoms with Crippen molar-refractivity contribution in [3.05, 3.63) is 137 Å². The van der Waals surface area contributed by atoms with Crippen LogP contribution < -0.4 is 16.0 Å². The Labute approximate surface area is 220 Å². The van der Waals surface area contributed by atoms with E-state index >= 15 is 0 Å². The Balaban J connectivity index is 1.23. The molecule has 192 valence electrons. The van der Waals surface area contributed by atoms with Crippen molar-refractivity contribution in [1.29, 1.82) is 0 Å². The zero-order valence-corrected chi connectivity index (χ0v) is 20.7. The average molecular weight is 510 g/mol. The number of hydrogen-bond donors (Lipinski definition) is 3. The van der Waals surface area contributed by atoms with Crippen LogP contribution in [-0.4, -0.2) is 30.8 Å². The highest BCUT2D eigenvalue weighted by atomic mass is 19.1. The van der Waals surface area contributed by atoms with Crippen molar-refractivity contribution in [2.75, 3.05) is 18.4 Å². The van der Waals surface area contributed by atoms with Crippen LogP contribution in [-0.2, 0) is 4.79 Å². The van der Waals surface area contributed by atoms with Crippen molar-refractivity contribution < 1.29 is 18.8 Å². The molecule has 0 aliphatic heterocycles. The van der Waals surface area contributed by atoms with Gasteiger partial charge in [-0.2, -0.15) is 0 Å². The average Bonchev–Trinajstić information content (AvgIpc) is 2.95. The molecule has 6 nitrogen and oxygen atoms in total. The van der Waals surface area contributed by atoms with Crippen LogP contribution in [0.3, 0.4) is 0 Å². The lowest BCUT2D eigenvalue weighted by Gasteiger charge is -2.18. The minimum absolute atomic E-state index is 0.0611. The first-order valence-corrected chi connectivity index (χ1v) is 12.3. The molecule has 7 heteroatoms. The summed E-state index contributed by atoms with van der Waals surface area (Å²) >= 11 is 0. The Morgan fingerprint density at radius 1 is 0.605 bits per heavy atom. The van der Waals surface area contributed by atoms with Gasteiger partial charge in [-0.1, -0.05) is 60.7 Å². The van der Waals surface area contributed by atoms with Crippen LogP contribution in [0.2, 0.25) is 0 Å². The molecule has 0 aromatic heterocycles. The van der Waals surface area contributed by atoms with Gasteiger partial charge in [0.15, 0.2) is 0 Å². The van der Waals surface area contributed by atoms with Crippen molar-refractivity contribution >= 4 is 23.4 Å². The molecule has 0 aliphatic rings. The molecule has 0 saturated carbocycles. The fourth-order valence-electron chi connectivity index (χ4n) is 4.05. The van der Waals surface area contributed by atoms with E-state index in [-0.39, 0.29) is 30.2 Å². The Morgan fingerprint density at radius 2 is 1.11 bits per heavy atom. The second-order valence-corrected chi connectivity index (χ2v) is 8.72. The normalized spacial score (nSPS) is 10.6. The number of carbonyl (C=O) groups excluding carboxylic acids is 3. The number of anilines is 1. The van der Waals surface area contributed by atoms with Gasteiger partial charge in [-0.3, -0.25) is 14.4 Å². The van der Waals surface area contributed by atoms with Gasteiger partial charge in [0.25, 0.3) is 11.8 Å². The predicted molar refractivity (Wildman–Crippen MR) is 145 cm³/mol. The van der Waals surface area contributed by atoms with Gasteiger partial charge in [0.1, 0.15) is 5.82 Å². The molecule has 4 aromatic rings. The quantitative estimate of drug-likeness (QED) is 0.259. The van der Waals surface area contributed by atoms with E-state index in [1.165, 1.54) is 24.3 Å². The van der Waals surface area contributed by atoms with Crippen LogP contribution >= 0.6 is 0 Å². The summed E-state index contributed by atoms with van der Waals surface area (Å²) in [6.07, 6.45) is 0.299. The van der Waals surface area contributed by atoms with Crippen molar-refractivity contribution in [3.63, 3.8) is 0 Å². The Morgan fingerprint density at radius 3 is 1.68 bits per heavy atom. The molecule has 3 amide bonds. The van der Waals surface area contributed by atoms with E-state index in [2.05, 4.69) is 16.0 Å². The third-order valence-electron chi connectivity index (χ3n) is 6.04. The second kappa shape index (κ2) is 13.0. The Bertz CT molecular complexity index is 1320. The maximum atomic E-state index is 13.0. The van der Waals surface area contributed by atoms with Crippen LogP contribution in [0.25, 0.3) is 0 Å². The summed E-state index contributed by atoms with van der Waals surface area (Å²) in [5.41, 5.74) is 3.40. The zero-order chi connectivity index (χ0) is 26.7. The van der Waals surface area contributed by atoms with Crippen molar-refractivity contribution in [2.24, 2.45) is 0 Å². The van der Waals surface area contributed by atoms with E-state index in [4.69, 9.17) is 0 Å². The van der Waals surface area contributed by atoms with Crippen molar-refractivity contribution in [3.8, 4) is 0 Å². The Kier molecular flexibility index (Phi) is 8.97. The molecule has 0 fully saturated rings. The third-order valence-corrected chi connectivity index (χ3v) is 6.04. The topological polar surface area (TPSA) is 87.3 Å². The summed E-state index contributed by atoms with van der Waals surface area (Å²) in [5, 5.41) is 8.38. The number of halogens is 1. The fraction of sp³-hybridized carbons (Fsp3) is 0.129. The molecule has 0 aliphatic carbocycles. The standard InChI is InChI=1S/C31H28FN3O3/c32-26-15-11-25(12-16-26)31(38)35-27-17-13-24(14-18-27)30(37)34-20-19-33-29(36)21-28(22-7-3-1-4-8-22)23-9-5-2-6-10-23/h1-18,28H,19-21H2,(H,33,36)(H,34,37)(H,35,38). The summed E-state index contributed by atoms with van der Waals surface area (Å²) in [4.78, 5) is 37.4. The molecule has 0 atom stereocenters. The number of hydrogen-bond acceptors (Lipinski definition) is 3. The van der Waals surface area contributed by atoms with Crippen molar-refractivity contribution in [1.82, 2.24) is 10.6 Å². The monoisotopic (exact) mass is 509 g/mol. The lowest BCUT2D eigenvalue weighted by Crippen LogP contribution is -2.35. The largest absolute Gasteiger partial charge is 0.354 e. The minimum Gasteiger partial charge on any atom is -0.354 e. The maximum Gasteiger partial charge on any atom is 0.255 e. The summed E-state index contributed by atoms with van der Waals surface area (Å²) in [7, 11) is 0. The Hall–Kier alpha value is -4.78. The highest BCUT2D eigenvalue weighted by Gasteiger charge is 2.18. The van der Waals surface area contributed by atoms with E-state index in [0.29, 0.717) is 29.8 Å². The summed E-state index contributed by atoms with van der Waals surface area (Å²) in [6, 6.07) is 31.5. The highest BCUT2D eigenvalue weighted by molar-refractivity contribution is 6.04. The van der Waals surface area contributed by atoms with E-state index in [0.717, 1.165) is 11.1 Å². The molecule has 3 N–H and O–H groups in total. The lowest BCUT2D eigenvalue weighted by molar-refractivity contribution is -0.121. The van der Waals surface area contributed by atoms with Gasteiger partial charge in [0.2, 0.25) is 5.91 Å². The molecule has 0 radical (unpaired) electrons. The lowest BCUT2D eigenvalue weighted by atomic mass is 9.88.